The second kappa shape index (κ2) is 8.78. The second-order valence-corrected chi connectivity index (χ2v) is 8.62. The lowest BCUT2D eigenvalue weighted by molar-refractivity contribution is -0.129. The molecule has 170 valence electrons. The summed E-state index contributed by atoms with van der Waals surface area (Å²) < 4.78 is 7.78. The van der Waals surface area contributed by atoms with Gasteiger partial charge in [-0.05, 0) is 24.3 Å². The average Bonchev–Trinajstić information content (AvgIpc) is 3.23. The first-order chi connectivity index (χ1) is 16.1. The van der Waals surface area contributed by atoms with Crippen molar-refractivity contribution in [3.05, 3.63) is 53.6 Å². The van der Waals surface area contributed by atoms with Gasteiger partial charge in [-0.2, -0.15) is 5.10 Å². The van der Waals surface area contributed by atoms with E-state index < -0.39 is 0 Å². The van der Waals surface area contributed by atoms with E-state index in [2.05, 4.69) is 15.7 Å². The minimum absolute atomic E-state index is 0.0855. The lowest BCUT2D eigenvalue weighted by Crippen LogP contribution is -2.35. The molecule has 4 heterocycles. The molecule has 1 amide bonds. The summed E-state index contributed by atoms with van der Waals surface area (Å²) in [4.78, 5) is 18.6. The number of carbonyl (C=O) groups excluding carboxylic acids is 1. The second-order valence-electron chi connectivity index (χ2n) is 8.62. The molecule has 0 unspecified atom stereocenters. The normalized spacial score (nSPS) is 17.2. The van der Waals surface area contributed by atoms with Gasteiger partial charge >= 0.3 is 0 Å². The largest absolute Gasteiger partial charge is 0.404 e. The quantitative estimate of drug-likeness (QED) is 0.600. The van der Waals surface area contributed by atoms with Crippen molar-refractivity contribution in [3.8, 4) is 11.3 Å². The third-order valence-electron chi connectivity index (χ3n) is 6.72. The highest BCUT2D eigenvalue weighted by atomic mass is 16.5. The van der Waals surface area contributed by atoms with Gasteiger partial charge in [-0.3, -0.25) is 14.5 Å². The number of nitrogens with two attached hydrogens (primary N) is 1. The Kier molecular flexibility index (Phi) is 5.68. The van der Waals surface area contributed by atoms with Crippen LogP contribution in [-0.2, 0) is 22.5 Å². The Morgan fingerprint density at radius 3 is 2.85 bits per heavy atom. The summed E-state index contributed by atoms with van der Waals surface area (Å²) in [7, 11) is 0. The third-order valence-corrected chi connectivity index (χ3v) is 6.72. The first-order valence-corrected chi connectivity index (χ1v) is 11.4. The van der Waals surface area contributed by atoms with Crippen LogP contribution in [0.2, 0.25) is 0 Å². The number of hydrogen-bond acceptors (Lipinski definition) is 6. The maximum atomic E-state index is 12.2. The molecule has 0 spiro atoms. The molecular formula is C25H28N6O2. The van der Waals surface area contributed by atoms with Crippen LogP contribution in [0, 0.1) is 5.41 Å². The van der Waals surface area contributed by atoms with E-state index in [1.165, 1.54) is 18.1 Å². The van der Waals surface area contributed by atoms with Crippen LogP contribution in [0.25, 0.3) is 27.6 Å². The molecule has 0 radical (unpaired) electrons. The Hall–Kier alpha value is -3.52. The number of carbonyl (C=O) groups is 1. The van der Waals surface area contributed by atoms with Crippen molar-refractivity contribution in [2.75, 3.05) is 19.8 Å². The predicted molar refractivity (Wildman–Crippen MR) is 128 cm³/mol. The highest BCUT2D eigenvalue weighted by Crippen LogP contribution is 2.37. The van der Waals surface area contributed by atoms with E-state index in [4.69, 9.17) is 21.0 Å². The molecule has 2 aromatic heterocycles. The molecule has 0 saturated carbocycles. The number of fused-ring (bicyclic) bond motifs is 2. The fraction of sp³-hybridized carbons (Fsp3) is 0.360. The molecule has 1 aromatic carbocycles. The Morgan fingerprint density at radius 2 is 2.12 bits per heavy atom. The minimum atomic E-state index is 0.0855. The van der Waals surface area contributed by atoms with Crippen LogP contribution in [0.4, 0.5) is 0 Å². The van der Waals surface area contributed by atoms with Gasteiger partial charge in [0.05, 0.1) is 17.4 Å². The predicted octanol–water partition coefficient (Wildman–Crippen LogP) is 3.30. The number of allylic oxidation sites excluding steroid dienone is 1. The molecule has 2 aliphatic heterocycles. The molecule has 33 heavy (non-hydrogen) atoms. The van der Waals surface area contributed by atoms with Crippen molar-refractivity contribution >= 4 is 28.5 Å². The number of hydrogen-bond donors (Lipinski definition) is 2. The summed E-state index contributed by atoms with van der Waals surface area (Å²) in [6.45, 7) is 4.41. The fourth-order valence-corrected chi connectivity index (χ4v) is 4.91. The first kappa shape index (κ1) is 21.3. The van der Waals surface area contributed by atoms with Crippen LogP contribution in [0.1, 0.15) is 42.8 Å². The lowest BCUT2D eigenvalue weighted by Gasteiger charge is -2.29. The number of nitrogens with zero attached hydrogens (tertiary/aromatic N) is 4. The van der Waals surface area contributed by atoms with Crippen LogP contribution >= 0.6 is 0 Å². The van der Waals surface area contributed by atoms with Crippen LogP contribution in [-0.4, -0.2) is 51.5 Å². The highest BCUT2D eigenvalue weighted by Gasteiger charge is 2.30. The van der Waals surface area contributed by atoms with E-state index in [0.29, 0.717) is 23.9 Å². The zero-order valence-electron chi connectivity index (χ0n) is 18.8. The molecule has 0 atom stereocenters. The van der Waals surface area contributed by atoms with Crippen LogP contribution in [0.15, 0.2) is 36.7 Å². The summed E-state index contributed by atoms with van der Waals surface area (Å²) in [5, 5.41) is 14.7. The molecule has 0 aliphatic carbocycles. The monoisotopic (exact) mass is 444 g/mol. The standard InChI is InChI=1S/C25H28N6O2/c1-16(32)30-8-5-24-22(15-30)25(29-31(24)19-6-9-33-10-7-19)20-4-2-3-17-11-23(18(12-26)13-27)28-14-21(17)20/h2-4,11-14,19,26H,5-10,15,27H2,1H3/b18-13+,26-12?. The first-order valence-electron chi connectivity index (χ1n) is 11.4. The molecule has 3 N–H and O–H groups in total. The Balaban J connectivity index is 1.66. The minimum Gasteiger partial charge on any atom is -0.404 e. The Labute approximate surface area is 192 Å². The average molecular weight is 445 g/mol. The van der Waals surface area contributed by atoms with Crippen LogP contribution in [0.5, 0.6) is 0 Å². The summed E-state index contributed by atoms with van der Waals surface area (Å²) in [6.07, 6.45) is 7.13. The summed E-state index contributed by atoms with van der Waals surface area (Å²) in [5.74, 6) is 0.0855. The number of rotatable bonds is 4. The zero-order valence-corrected chi connectivity index (χ0v) is 18.8. The van der Waals surface area contributed by atoms with Crippen molar-refractivity contribution in [2.45, 2.75) is 38.8 Å². The summed E-state index contributed by atoms with van der Waals surface area (Å²) in [5.41, 5.74) is 11.2. The van der Waals surface area contributed by atoms with E-state index in [1.54, 1.807) is 6.92 Å². The van der Waals surface area contributed by atoms with Gasteiger partial charge in [0, 0.05) is 86.0 Å². The fourth-order valence-electron chi connectivity index (χ4n) is 4.91. The Morgan fingerprint density at radius 1 is 1.30 bits per heavy atom. The molecular weight excluding hydrogens is 416 g/mol. The molecule has 1 saturated heterocycles. The third kappa shape index (κ3) is 3.80. The van der Waals surface area contributed by atoms with Gasteiger partial charge in [-0.15, -0.1) is 0 Å². The maximum absolute atomic E-state index is 12.2. The number of benzene rings is 1. The molecule has 1 fully saturated rings. The van der Waals surface area contributed by atoms with Gasteiger partial charge < -0.3 is 20.8 Å². The highest BCUT2D eigenvalue weighted by molar-refractivity contribution is 6.08. The van der Waals surface area contributed by atoms with E-state index in [1.807, 2.05) is 29.3 Å². The van der Waals surface area contributed by atoms with Gasteiger partial charge in [0.15, 0.2) is 0 Å². The van der Waals surface area contributed by atoms with Crippen LogP contribution in [0.3, 0.4) is 0 Å². The van der Waals surface area contributed by atoms with E-state index >= 15 is 0 Å². The SMILES string of the molecule is CC(=O)N1CCc2c(c(-c3cccc4cc(/C(C=N)=C/N)ncc34)nn2C2CCOCC2)C1. The van der Waals surface area contributed by atoms with Gasteiger partial charge in [-0.1, -0.05) is 18.2 Å². The number of ether oxygens (including phenoxy) is 1. The topological polar surface area (TPSA) is 110 Å². The maximum Gasteiger partial charge on any atom is 0.219 e. The van der Waals surface area contributed by atoms with E-state index in [-0.39, 0.29) is 5.91 Å². The summed E-state index contributed by atoms with van der Waals surface area (Å²) in [6, 6.07) is 8.39. The van der Waals surface area contributed by atoms with Crippen molar-refractivity contribution in [2.24, 2.45) is 5.73 Å². The summed E-state index contributed by atoms with van der Waals surface area (Å²) >= 11 is 0. The number of pyridine rings is 1. The zero-order chi connectivity index (χ0) is 22.9. The smallest absolute Gasteiger partial charge is 0.219 e. The van der Waals surface area contributed by atoms with E-state index in [9.17, 15) is 4.79 Å². The molecule has 5 rings (SSSR count). The Bertz CT molecular complexity index is 1260. The van der Waals surface area contributed by atoms with Crippen molar-refractivity contribution < 1.29 is 9.53 Å². The number of nitrogens with one attached hydrogen (secondary N) is 1. The van der Waals surface area contributed by atoms with Crippen molar-refractivity contribution in [3.63, 3.8) is 0 Å². The van der Waals surface area contributed by atoms with Gasteiger partial charge in [0.1, 0.15) is 0 Å². The lowest BCUT2D eigenvalue weighted by atomic mass is 9.96. The van der Waals surface area contributed by atoms with Crippen LogP contribution < -0.4 is 5.73 Å². The van der Waals surface area contributed by atoms with Crippen molar-refractivity contribution in [1.29, 1.82) is 5.41 Å². The number of aromatic nitrogens is 3. The van der Waals surface area contributed by atoms with Crippen molar-refractivity contribution in [1.82, 2.24) is 19.7 Å². The van der Waals surface area contributed by atoms with E-state index in [0.717, 1.165) is 66.6 Å². The van der Waals surface area contributed by atoms with Gasteiger partial charge in [-0.25, -0.2) is 0 Å². The van der Waals surface area contributed by atoms with Gasteiger partial charge in [0.2, 0.25) is 5.91 Å². The molecule has 0 bridgehead atoms. The number of amides is 1. The molecule has 3 aromatic rings. The van der Waals surface area contributed by atoms with Gasteiger partial charge in [0.25, 0.3) is 0 Å². The molecule has 8 nitrogen and oxygen atoms in total. The molecule has 2 aliphatic rings. The molecule has 8 heteroatoms.